The number of carbonyl (C=O) groups is 1. The number of esters is 1. The van der Waals surface area contributed by atoms with Crippen molar-refractivity contribution in [2.75, 3.05) is 0 Å². The first kappa shape index (κ1) is 17.7. The largest absolute Gasteiger partial charge is 0.457 e. The van der Waals surface area contributed by atoms with Gasteiger partial charge < -0.3 is 18.9 Å². The topological polar surface area (TPSA) is 54.0 Å². The molecule has 24 heavy (non-hydrogen) atoms. The minimum absolute atomic E-state index is 0.221. The van der Waals surface area contributed by atoms with Gasteiger partial charge in [-0.15, -0.1) is 0 Å². The molecule has 2 aliphatic rings. The Hall–Kier alpha value is -1.08. The van der Waals surface area contributed by atoms with Gasteiger partial charge in [0.25, 0.3) is 0 Å². The van der Waals surface area contributed by atoms with Crippen molar-refractivity contribution in [3.8, 4) is 0 Å². The Morgan fingerprint density at radius 2 is 1.79 bits per heavy atom. The maximum Gasteiger partial charge on any atom is 0.303 e. The summed E-state index contributed by atoms with van der Waals surface area (Å²) in [5.74, 6) is -1.07. The minimum atomic E-state index is -0.729. The summed E-state index contributed by atoms with van der Waals surface area (Å²) in [5, 5.41) is 0. The van der Waals surface area contributed by atoms with Crippen LogP contribution < -0.4 is 0 Å². The first-order valence-corrected chi connectivity index (χ1v) is 9.05. The molecular weight excluding hydrogens is 328 g/mol. The third-order valence-electron chi connectivity index (χ3n) is 4.14. The molecular formula is C18H24O5S. The fourth-order valence-electron chi connectivity index (χ4n) is 3.12. The van der Waals surface area contributed by atoms with Crippen LogP contribution in [0, 0.1) is 6.92 Å². The zero-order chi connectivity index (χ0) is 17.5. The molecule has 2 fully saturated rings. The lowest BCUT2D eigenvalue weighted by atomic mass is 10.0. The zero-order valence-electron chi connectivity index (χ0n) is 14.6. The van der Waals surface area contributed by atoms with Crippen LogP contribution in [0.5, 0.6) is 0 Å². The van der Waals surface area contributed by atoms with E-state index in [-0.39, 0.29) is 29.7 Å². The van der Waals surface area contributed by atoms with Crippen LogP contribution in [-0.4, -0.2) is 41.6 Å². The molecule has 0 radical (unpaired) electrons. The van der Waals surface area contributed by atoms with Gasteiger partial charge in [0.2, 0.25) is 0 Å². The number of aryl methyl sites for hydroxylation is 1. The first-order chi connectivity index (χ1) is 11.2. The summed E-state index contributed by atoms with van der Waals surface area (Å²) >= 11 is 1.61. The van der Waals surface area contributed by atoms with Crippen molar-refractivity contribution in [3.05, 3.63) is 29.8 Å². The lowest BCUT2D eigenvalue weighted by Gasteiger charge is -2.40. The van der Waals surface area contributed by atoms with Gasteiger partial charge in [-0.3, -0.25) is 4.79 Å². The van der Waals surface area contributed by atoms with Gasteiger partial charge in [-0.1, -0.05) is 29.5 Å². The molecule has 0 spiro atoms. The van der Waals surface area contributed by atoms with Crippen LogP contribution in [0.2, 0.25) is 0 Å². The van der Waals surface area contributed by atoms with Crippen LogP contribution in [0.4, 0.5) is 0 Å². The molecule has 132 valence electrons. The third kappa shape index (κ3) is 3.77. The van der Waals surface area contributed by atoms with Crippen LogP contribution in [0.15, 0.2) is 29.2 Å². The van der Waals surface area contributed by atoms with Gasteiger partial charge in [-0.05, 0) is 39.8 Å². The fraction of sp³-hybridized carbons (Fsp3) is 0.611. The molecule has 6 heteroatoms. The van der Waals surface area contributed by atoms with Gasteiger partial charge in [-0.2, -0.15) is 0 Å². The molecule has 0 amide bonds. The first-order valence-electron chi connectivity index (χ1n) is 8.17. The van der Waals surface area contributed by atoms with Gasteiger partial charge in [0.1, 0.15) is 17.6 Å². The molecule has 1 aromatic carbocycles. The van der Waals surface area contributed by atoms with Crippen molar-refractivity contribution in [2.45, 2.75) is 75.2 Å². The van der Waals surface area contributed by atoms with E-state index in [4.69, 9.17) is 18.9 Å². The van der Waals surface area contributed by atoms with Crippen LogP contribution in [-0.2, 0) is 23.7 Å². The Balaban J connectivity index is 1.81. The Morgan fingerprint density at radius 1 is 1.17 bits per heavy atom. The molecule has 5 nitrogen and oxygen atoms in total. The number of ether oxygens (including phenoxy) is 4. The number of carbonyl (C=O) groups excluding carboxylic acids is 1. The van der Waals surface area contributed by atoms with E-state index < -0.39 is 11.9 Å². The average Bonchev–Trinajstić information content (AvgIpc) is 2.81. The summed E-state index contributed by atoms with van der Waals surface area (Å²) in [6, 6.07) is 8.29. The molecule has 2 aliphatic heterocycles. The van der Waals surface area contributed by atoms with Crippen molar-refractivity contribution in [1.82, 2.24) is 0 Å². The van der Waals surface area contributed by atoms with Crippen molar-refractivity contribution < 1.29 is 23.7 Å². The quantitative estimate of drug-likeness (QED) is 0.778. The highest BCUT2D eigenvalue weighted by Crippen LogP contribution is 2.43. The zero-order valence-corrected chi connectivity index (χ0v) is 15.5. The van der Waals surface area contributed by atoms with E-state index in [0.717, 1.165) is 4.90 Å². The normalized spacial score (nSPS) is 34.6. The van der Waals surface area contributed by atoms with Gasteiger partial charge in [0, 0.05) is 11.8 Å². The second-order valence-electron chi connectivity index (χ2n) is 6.78. The van der Waals surface area contributed by atoms with Crippen LogP contribution in [0.25, 0.3) is 0 Å². The molecule has 5 atom stereocenters. The Labute approximate surface area is 147 Å². The molecule has 1 aromatic rings. The van der Waals surface area contributed by atoms with E-state index in [1.807, 2.05) is 20.8 Å². The van der Waals surface area contributed by atoms with E-state index >= 15 is 0 Å². The Bertz CT molecular complexity index is 600. The van der Waals surface area contributed by atoms with Gasteiger partial charge in [-0.25, -0.2) is 0 Å². The van der Waals surface area contributed by atoms with Crippen molar-refractivity contribution in [3.63, 3.8) is 0 Å². The number of rotatable bonds is 3. The molecule has 0 aromatic heterocycles. The maximum absolute atomic E-state index is 11.4. The van der Waals surface area contributed by atoms with E-state index in [1.165, 1.54) is 12.5 Å². The highest BCUT2D eigenvalue weighted by Gasteiger charge is 2.55. The number of fused-ring (bicyclic) bond motifs is 1. The summed E-state index contributed by atoms with van der Waals surface area (Å²) in [6.45, 7) is 9.10. The Morgan fingerprint density at radius 3 is 2.42 bits per heavy atom. The predicted octanol–water partition coefficient (Wildman–Crippen LogP) is 3.28. The summed E-state index contributed by atoms with van der Waals surface area (Å²) in [6.07, 6.45) is -1.37. The summed E-state index contributed by atoms with van der Waals surface area (Å²) in [7, 11) is 0. The van der Waals surface area contributed by atoms with E-state index in [1.54, 1.807) is 11.8 Å². The average molecular weight is 352 g/mol. The summed E-state index contributed by atoms with van der Waals surface area (Å²) < 4.78 is 23.7. The standard InChI is InChI=1S/C18H24O5S/c1-10-6-8-13(9-7-10)24-17-16-15(22-18(4,5)23-16)14(11(2)20-17)21-12(3)19/h6-9,11,14-17H,1-5H3/t11-,14-,15+,16+,17-/m0/s1. The number of benzene rings is 1. The van der Waals surface area contributed by atoms with Crippen LogP contribution in [0.3, 0.4) is 0 Å². The smallest absolute Gasteiger partial charge is 0.303 e. The second-order valence-corrected chi connectivity index (χ2v) is 7.95. The highest BCUT2D eigenvalue weighted by atomic mass is 32.2. The van der Waals surface area contributed by atoms with Crippen molar-refractivity contribution in [1.29, 1.82) is 0 Å². The van der Waals surface area contributed by atoms with Gasteiger partial charge >= 0.3 is 5.97 Å². The van der Waals surface area contributed by atoms with Gasteiger partial charge in [0.15, 0.2) is 11.9 Å². The second kappa shape index (κ2) is 6.67. The van der Waals surface area contributed by atoms with E-state index in [0.29, 0.717) is 0 Å². The van der Waals surface area contributed by atoms with Gasteiger partial charge in [0.05, 0.1) is 6.10 Å². The lowest BCUT2D eigenvalue weighted by molar-refractivity contribution is -0.190. The maximum atomic E-state index is 11.4. The van der Waals surface area contributed by atoms with Crippen molar-refractivity contribution in [2.24, 2.45) is 0 Å². The predicted molar refractivity (Wildman–Crippen MR) is 90.8 cm³/mol. The summed E-state index contributed by atoms with van der Waals surface area (Å²) in [4.78, 5) is 12.5. The van der Waals surface area contributed by atoms with Crippen LogP contribution >= 0.6 is 11.8 Å². The molecule has 0 aliphatic carbocycles. The molecule has 3 rings (SSSR count). The minimum Gasteiger partial charge on any atom is -0.457 e. The summed E-state index contributed by atoms with van der Waals surface area (Å²) in [5.41, 5.74) is 0.993. The molecule has 0 N–H and O–H groups in total. The number of thioether (sulfide) groups is 1. The van der Waals surface area contributed by atoms with Crippen LogP contribution in [0.1, 0.15) is 33.3 Å². The molecule has 0 unspecified atom stereocenters. The SMILES string of the molecule is CC(=O)O[C@@H]1[C@H]2OC(C)(C)O[C@H]2[C@H](Sc2ccc(C)cc2)O[C@H]1C. The molecule has 0 saturated carbocycles. The molecule has 2 heterocycles. The van der Waals surface area contributed by atoms with Crippen molar-refractivity contribution >= 4 is 17.7 Å². The molecule has 2 saturated heterocycles. The lowest BCUT2D eigenvalue weighted by Crippen LogP contribution is -2.55. The van der Waals surface area contributed by atoms with E-state index in [2.05, 4.69) is 31.2 Å². The van der Waals surface area contributed by atoms with E-state index in [9.17, 15) is 4.79 Å². The Kier molecular flexibility index (Phi) is 4.93. The number of hydrogen-bond donors (Lipinski definition) is 0. The number of hydrogen-bond acceptors (Lipinski definition) is 6. The third-order valence-corrected chi connectivity index (χ3v) is 5.30. The highest BCUT2D eigenvalue weighted by molar-refractivity contribution is 7.99. The molecule has 0 bridgehead atoms. The fourth-order valence-corrected chi connectivity index (χ4v) is 4.25. The monoisotopic (exact) mass is 352 g/mol.